The Labute approximate surface area is 152 Å². The van der Waals surface area contributed by atoms with Crippen LogP contribution in [0.3, 0.4) is 0 Å². The predicted octanol–water partition coefficient (Wildman–Crippen LogP) is 3.13. The van der Waals surface area contributed by atoms with Crippen molar-refractivity contribution in [3.8, 4) is 0 Å². The molecule has 0 bridgehead atoms. The lowest BCUT2D eigenvalue weighted by Crippen LogP contribution is -2.29. The van der Waals surface area contributed by atoms with Crippen LogP contribution >= 0.6 is 0 Å². The molecule has 1 aromatic heterocycles. The molecule has 1 atom stereocenters. The predicted molar refractivity (Wildman–Crippen MR) is 92.6 cm³/mol. The number of nitrogens with one attached hydrogen (secondary N) is 1. The van der Waals surface area contributed by atoms with E-state index in [0.717, 1.165) is 18.2 Å². The Morgan fingerprint density at radius 1 is 1.07 bits per heavy atom. The highest BCUT2D eigenvalue weighted by atomic mass is 19.2. The van der Waals surface area contributed by atoms with Crippen LogP contribution in [0.5, 0.6) is 0 Å². The van der Waals surface area contributed by atoms with E-state index < -0.39 is 29.5 Å². The third-order valence-electron chi connectivity index (χ3n) is 4.17. The molecule has 0 fully saturated rings. The Kier molecular flexibility index (Phi) is 5.09. The van der Waals surface area contributed by atoms with Crippen LogP contribution in [0.1, 0.15) is 33.4 Å². The van der Waals surface area contributed by atoms with Crippen molar-refractivity contribution >= 4 is 16.9 Å². The van der Waals surface area contributed by atoms with Gasteiger partial charge in [0.2, 0.25) is 0 Å². The highest BCUT2D eigenvalue weighted by Gasteiger charge is 2.17. The van der Waals surface area contributed by atoms with Crippen molar-refractivity contribution in [1.82, 2.24) is 15.3 Å². The zero-order chi connectivity index (χ0) is 19.7. The number of aryl methyl sites for hydroxylation is 2. The number of rotatable bonds is 4. The Balaban J connectivity index is 1.83. The molecule has 8 heteroatoms. The lowest BCUT2D eigenvalue weighted by molar-refractivity contribution is 0.0917. The number of carbonyl (C=O) groups is 1. The quantitative estimate of drug-likeness (QED) is 0.735. The first-order chi connectivity index (χ1) is 12.8. The standard InChI is InChI=1S/C19H16F3N3O2/c1-9-10(2)25-18-13(6-12(20)7-16(18)24-9)19(27)23-8-17(26)11-3-4-14(21)15(22)5-11/h3-7,17,26H,8H2,1-2H3,(H,23,27). The van der Waals surface area contributed by atoms with Crippen LogP contribution in [0.15, 0.2) is 30.3 Å². The Morgan fingerprint density at radius 3 is 2.48 bits per heavy atom. The number of fused-ring (bicyclic) bond motifs is 1. The van der Waals surface area contributed by atoms with Gasteiger partial charge < -0.3 is 10.4 Å². The second kappa shape index (κ2) is 7.32. The van der Waals surface area contributed by atoms with Gasteiger partial charge in [-0.1, -0.05) is 6.07 Å². The molecule has 0 aliphatic carbocycles. The number of halogens is 3. The summed E-state index contributed by atoms with van der Waals surface area (Å²) in [5.41, 5.74) is 1.77. The first kappa shape index (κ1) is 18.8. The number of hydrogen-bond donors (Lipinski definition) is 2. The number of aliphatic hydroxyl groups excluding tert-OH is 1. The molecule has 5 nitrogen and oxygen atoms in total. The van der Waals surface area contributed by atoms with Gasteiger partial charge in [-0.15, -0.1) is 0 Å². The molecule has 0 aliphatic heterocycles. The number of carbonyl (C=O) groups excluding carboxylic acids is 1. The van der Waals surface area contributed by atoms with Crippen LogP contribution in [-0.4, -0.2) is 27.5 Å². The number of benzene rings is 2. The van der Waals surface area contributed by atoms with E-state index in [1.807, 2.05) is 0 Å². The molecule has 140 valence electrons. The van der Waals surface area contributed by atoms with Gasteiger partial charge in [0.1, 0.15) is 11.3 Å². The normalized spacial score (nSPS) is 12.2. The summed E-state index contributed by atoms with van der Waals surface area (Å²) in [7, 11) is 0. The number of nitrogens with zero attached hydrogens (tertiary/aromatic N) is 2. The van der Waals surface area contributed by atoms with E-state index in [4.69, 9.17) is 0 Å². The molecular weight excluding hydrogens is 359 g/mol. The minimum absolute atomic E-state index is 0.0295. The molecule has 2 aromatic carbocycles. The van der Waals surface area contributed by atoms with Crippen molar-refractivity contribution in [3.05, 3.63) is 70.3 Å². The molecular formula is C19H16F3N3O2. The Morgan fingerprint density at radius 2 is 1.78 bits per heavy atom. The number of hydrogen-bond acceptors (Lipinski definition) is 4. The van der Waals surface area contributed by atoms with E-state index in [1.165, 1.54) is 12.1 Å². The fourth-order valence-corrected chi connectivity index (χ4v) is 2.59. The molecule has 0 saturated heterocycles. The SMILES string of the molecule is Cc1nc2cc(F)cc(C(=O)NCC(O)c3ccc(F)c(F)c3)c2nc1C. The van der Waals surface area contributed by atoms with E-state index in [-0.39, 0.29) is 28.7 Å². The molecule has 3 aromatic rings. The van der Waals surface area contributed by atoms with Crippen molar-refractivity contribution < 1.29 is 23.1 Å². The summed E-state index contributed by atoms with van der Waals surface area (Å²) in [5.74, 6) is -3.45. The van der Waals surface area contributed by atoms with E-state index in [9.17, 15) is 23.1 Å². The Hall–Kier alpha value is -3.00. The molecule has 3 rings (SSSR count). The summed E-state index contributed by atoms with van der Waals surface area (Å²) in [6.07, 6.45) is -1.26. The van der Waals surface area contributed by atoms with E-state index in [1.54, 1.807) is 13.8 Å². The summed E-state index contributed by atoms with van der Waals surface area (Å²) in [6, 6.07) is 5.16. The molecule has 1 amide bonds. The molecule has 2 N–H and O–H groups in total. The smallest absolute Gasteiger partial charge is 0.253 e. The van der Waals surface area contributed by atoms with Crippen LogP contribution in [0.25, 0.3) is 11.0 Å². The fraction of sp³-hybridized carbons (Fsp3) is 0.211. The van der Waals surface area contributed by atoms with Crippen molar-refractivity contribution in [2.24, 2.45) is 0 Å². The first-order valence-electron chi connectivity index (χ1n) is 8.12. The minimum Gasteiger partial charge on any atom is -0.387 e. The maximum absolute atomic E-state index is 13.9. The van der Waals surface area contributed by atoms with Gasteiger partial charge in [0.05, 0.1) is 28.6 Å². The third-order valence-corrected chi connectivity index (χ3v) is 4.17. The van der Waals surface area contributed by atoms with Gasteiger partial charge >= 0.3 is 0 Å². The summed E-state index contributed by atoms with van der Waals surface area (Å²) in [4.78, 5) is 21.0. The average molecular weight is 375 g/mol. The molecule has 0 radical (unpaired) electrons. The van der Waals surface area contributed by atoms with E-state index in [0.29, 0.717) is 11.4 Å². The molecule has 1 unspecified atom stereocenters. The Bertz CT molecular complexity index is 1040. The van der Waals surface area contributed by atoms with Crippen molar-refractivity contribution in [2.75, 3.05) is 6.54 Å². The van der Waals surface area contributed by atoms with Gasteiger partial charge in [-0.05, 0) is 37.6 Å². The number of amides is 1. The van der Waals surface area contributed by atoms with Crippen LogP contribution in [-0.2, 0) is 0 Å². The summed E-state index contributed by atoms with van der Waals surface area (Å²) in [6.45, 7) is 3.17. The highest BCUT2D eigenvalue weighted by Crippen LogP contribution is 2.20. The monoisotopic (exact) mass is 375 g/mol. The fourth-order valence-electron chi connectivity index (χ4n) is 2.59. The van der Waals surface area contributed by atoms with Gasteiger partial charge in [0, 0.05) is 12.6 Å². The van der Waals surface area contributed by atoms with E-state index in [2.05, 4.69) is 15.3 Å². The second-order valence-electron chi connectivity index (χ2n) is 6.11. The average Bonchev–Trinajstić information content (AvgIpc) is 2.62. The molecule has 0 aliphatic rings. The van der Waals surface area contributed by atoms with Gasteiger partial charge in [-0.3, -0.25) is 4.79 Å². The molecule has 27 heavy (non-hydrogen) atoms. The maximum Gasteiger partial charge on any atom is 0.253 e. The lowest BCUT2D eigenvalue weighted by Gasteiger charge is -2.13. The van der Waals surface area contributed by atoms with Gasteiger partial charge in [-0.25, -0.2) is 23.1 Å². The number of aliphatic hydroxyl groups is 1. The topological polar surface area (TPSA) is 75.1 Å². The van der Waals surface area contributed by atoms with Crippen molar-refractivity contribution in [3.63, 3.8) is 0 Å². The maximum atomic E-state index is 13.9. The zero-order valence-electron chi connectivity index (χ0n) is 14.6. The minimum atomic E-state index is -1.26. The van der Waals surface area contributed by atoms with Crippen molar-refractivity contribution in [1.29, 1.82) is 0 Å². The number of aromatic nitrogens is 2. The van der Waals surface area contributed by atoms with E-state index >= 15 is 0 Å². The molecule has 0 spiro atoms. The largest absolute Gasteiger partial charge is 0.387 e. The third kappa shape index (κ3) is 3.90. The first-order valence-corrected chi connectivity index (χ1v) is 8.12. The highest BCUT2D eigenvalue weighted by molar-refractivity contribution is 6.04. The van der Waals surface area contributed by atoms with Crippen LogP contribution in [0.2, 0.25) is 0 Å². The van der Waals surface area contributed by atoms with Gasteiger partial charge in [0.15, 0.2) is 11.6 Å². The van der Waals surface area contributed by atoms with Crippen molar-refractivity contribution in [2.45, 2.75) is 20.0 Å². The summed E-state index contributed by atoms with van der Waals surface area (Å²) >= 11 is 0. The van der Waals surface area contributed by atoms with Crippen LogP contribution in [0, 0.1) is 31.3 Å². The van der Waals surface area contributed by atoms with Gasteiger partial charge in [-0.2, -0.15) is 0 Å². The summed E-state index contributed by atoms with van der Waals surface area (Å²) < 4.78 is 40.1. The molecule has 0 saturated carbocycles. The second-order valence-corrected chi connectivity index (χ2v) is 6.11. The molecule has 1 heterocycles. The van der Waals surface area contributed by atoms with Crippen LogP contribution < -0.4 is 5.32 Å². The lowest BCUT2D eigenvalue weighted by atomic mass is 10.1. The zero-order valence-corrected chi connectivity index (χ0v) is 14.6. The van der Waals surface area contributed by atoms with Crippen LogP contribution in [0.4, 0.5) is 13.2 Å². The summed E-state index contributed by atoms with van der Waals surface area (Å²) in [5, 5.41) is 12.5. The van der Waals surface area contributed by atoms with Gasteiger partial charge in [0.25, 0.3) is 5.91 Å².